The minimum atomic E-state index is -2.84. The number of hydrogen-bond acceptors (Lipinski definition) is 4. The van der Waals surface area contributed by atoms with Gasteiger partial charge in [0.25, 0.3) is 0 Å². The Labute approximate surface area is 134 Å². The molecule has 0 radical (unpaired) electrons. The average Bonchev–Trinajstić information content (AvgIpc) is 2.54. The van der Waals surface area contributed by atoms with Gasteiger partial charge in [-0.05, 0) is 37.1 Å². The van der Waals surface area contributed by atoms with Gasteiger partial charge in [0.2, 0.25) is 5.91 Å². The average molecular weight is 328 g/mol. The van der Waals surface area contributed by atoms with Crippen LogP contribution in [-0.4, -0.2) is 48.3 Å². The number of halogens is 2. The van der Waals surface area contributed by atoms with Crippen LogP contribution in [0, 0.1) is 0 Å². The molecule has 2 rings (SSSR count). The van der Waals surface area contributed by atoms with E-state index in [1.165, 1.54) is 12.1 Å². The summed E-state index contributed by atoms with van der Waals surface area (Å²) in [5, 5.41) is 12.1. The second kappa shape index (κ2) is 8.79. The molecule has 1 amide bonds. The van der Waals surface area contributed by atoms with Crippen LogP contribution in [0.4, 0.5) is 8.78 Å². The molecule has 1 saturated heterocycles. The zero-order valence-electron chi connectivity index (χ0n) is 12.9. The predicted octanol–water partition coefficient (Wildman–Crippen LogP) is 1.75. The van der Waals surface area contributed by atoms with Crippen LogP contribution < -0.4 is 10.1 Å². The van der Waals surface area contributed by atoms with Gasteiger partial charge in [0.1, 0.15) is 5.75 Å². The molecule has 23 heavy (non-hydrogen) atoms. The summed E-state index contributed by atoms with van der Waals surface area (Å²) in [6.45, 7) is -1.37. The van der Waals surface area contributed by atoms with Crippen LogP contribution in [0.2, 0.25) is 0 Å². The smallest absolute Gasteiger partial charge is 0.387 e. The fraction of sp³-hybridized carbons (Fsp3) is 0.562. The van der Waals surface area contributed by atoms with E-state index >= 15 is 0 Å². The van der Waals surface area contributed by atoms with Crippen molar-refractivity contribution in [3.8, 4) is 5.75 Å². The zero-order valence-corrected chi connectivity index (χ0v) is 12.9. The standard InChI is InChI=1S/C16H22F2N2O3/c17-16(18)23-14-6-4-12(5-7-14)9-19-15(22)10-20-8-2-1-3-13(20)11-21/h4-7,13,16,21H,1-3,8-11H2,(H,19,22). The number of carbonyl (C=O) groups excluding carboxylic acids is 1. The lowest BCUT2D eigenvalue weighted by Gasteiger charge is -2.33. The van der Waals surface area contributed by atoms with E-state index in [9.17, 15) is 18.7 Å². The predicted molar refractivity (Wildman–Crippen MR) is 81.2 cm³/mol. The molecule has 2 N–H and O–H groups in total. The number of amides is 1. The van der Waals surface area contributed by atoms with Crippen LogP contribution in [0.15, 0.2) is 24.3 Å². The molecule has 0 bridgehead atoms. The maximum Gasteiger partial charge on any atom is 0.387 e. The van der Waals surface area contributed by atoms with Crippen LogP contribution in [0.3, 0.4) is 0 Å². The number of nitrogens with one attached hydrogen (secondary N) is 1. The zero-order chi connectivity index (χ0) is 16.7. The number of likely N-dealkylation sites (tertiary alicyclic amines) is 1. The molecule has 1 aromatic rings. The molecule has 1 heterocycles. The summed E-state index contributed by atoms with van der Waals surface area (Å²) < 4.78 is 28.4. The summed E-state index contributed by atoms with van der Waals surface area (Å²) in [6.07, 6.45) is 3.03. The third-order valence-electron chi connectivity index (χ3n) is 3.94. The minimum Gasteiger partial charge on any atom is -0.435 e. The van der Waals surface area contributed by atoms with Gasteiger partial charge in [-0.1, -0.05) is 18.6 Å². The Morgan fingerprint density at radius 2 is 2.09 bits per heavy atom. The largest absolute Gasteiger partial charge is 0.435 e. The van der Waals surface area contributed by atoms with Gasteiger partial charge in [0, 0.05) is 12.6 Å². The SMILES string of the molecule is O=C(CN1CCCCC1CO)NCc1ccc(OC(F)F)cc1. The first-order valence-electron chi connectivity index (χ1n) is 7.74. The van der Waals surface area contributed by atoms with E-state index < -0.39 is 6.61 Å². The highest BCUT2D eigenvalue weighted by Gasteiger charge is 2.23. The van der Waals surface area contributed by atoms with Crippen molar-refractivity contribution >= 4 is 5.91 Å². The van der Waals surface area contributed by atoms with Gasteiger partial charge in [0.05, 0.1) is 13.2 Å². The van der Waals surface area contributed by atoms with Gasteiger partial charge >= 0.3 is 6.61 Å². The first-order chi connectivity index (χ1) is 11.1. The Balaban J connectivity index is 1.77. The minimum absolute atomic E-state index is 0.0558. The molecule has 1 fully saturated rings. The number of hydrogen-bond donors (Lipinski definition) is 2. The Morgan fingerprint density at radius 1 is 1.35 bits per heavy atom. The van der Waals surface area contributed by atoms with Crippen LogP contribution in [0.5, 0.6) is 5.75 Å². The van der Waals surface area contributed by atoms with Crippen molar-refractivity contribution in [2.24, 2.45) is 0 Å². The quantitative estimate of drug-likeness (QED) is 0.800. The van der Waals surface area contributed by atoms with Crippen molar-refractivity contribution in [3.05, 3.63) is 29.8 Å². The number of benzene rings is 1. The molecule has 5 nitrogen and oxygen atoms in total. The van der Waals surface area contributed by atoms with E-state index in [-0.39, 0.29) is 30.9 Å². The number of carbonyl (C=O) groups is 1. The third-order valence-corrected chi connectivity index (χ3v) is 3.94. The number of piperidine rings is 1. The van der Waals surface area contributed by atoms with Crippen molar-refractivity contribution in [2.75, 3.05) is 19.7 Å². The molecule has 1 aliphatic heterocycles. The molecular formula is C16H22F2N2O3. The summed E-state index contributed by atoms with van der Waals surface area (Å²) >= 11 is 0. The molecule has 0 saturated carbocycles. The Hall–Kier alpha value is -1.73. The molecule has 128 valence electrons. The summed E-state index contributed by atoms with van der Waals surface area (Å²) in [7, 11) is 0. The molecule has 0 spiro atoms. The first kappa shape index (κ1) is 17.6. The lowest BCUT2D eigenvalue weighted by Crippen LogP contribution is -2.46. The second-order valence-electron chi connectivity index (χ2n) is 5.60. The number of aliphatic hydroxyl groups excluding tert-OH is 1. The monoisotopic (exact) mass is 328 g/mol. The van der Waals surface area contributed by atoms with Crippen molar-refractivity contribution in [1.29, 1.82) is 0 Å². The number of nitrogens with zero attached hydrogens (tertiary/aromatic N) is 1. The molecule has 7 heteroatoms. The fourth-order valence-corrected chi connectivity index (χ4v) is 2.70. The van der Waals surface area contributed by atoms with E-state index in [4.69, 9.17) is 0 Å². The Kier molecular flexibility index (Phi) is 6.73. The van der Waals surface area contributed by atoms with Crippen LogP contribution in [0.25, 0.3) is 0 Å². The maximum absolute atomic E-state index is 12.1. The van der Waals surface area contributed by atoms with Crippen molar-refractivity contribution in [2.45, 2.75) is 38.5 Å². The molecule has 0 aliphatic carbocycles. The van der Waals surface area contributed by atoms with E-state index in [0.717, 1.165) is 31.4 Å². The van der Waals surface area contributed by atoms with E-state index in [1.54, 1.807) is 12.1 Å². The topological polar surface area (TPSA) is 61.8 Å². The lowest BCUT2D eigenvalue weighted by molar-refractivity contribution is -0.123. The number of aliphatic hydroxyl groups is 1. The summed E-state index contributed by atoms with van der Waals surface area (Å²) in [5.74, 6) is -0.0209. The summed E-state index contributed by atoms with van der Waals surface area (Å²) in [5.41, 5.74) is 0.803. The highest BCUT2D eigenvalue weighted by atomic mass is 19.3. The molecular weight excluding hydrogens is 306 g/mol. The second-order valence-corrected chi connectivity index (χ2v) is 5.60. The van der Waals surface area contributed by atoms with Gasteiger partial charge in [-0.3, -0.25) is 9.69 Å². The van der Waals surface area contributed by atoms with Crippen molar-refractivity contribution < 1.29 is 23.4 Å². The number of ether oxygens (including phenoxy) is 1. The summed E-state index contributed by atoms with van der Waals surface area (Å²) in [4.78, 5) is 14.0. The highest BCUT2D eigenvalue weighted by Crippen LogP contribution is 2.16. The van der Waals surface area contributed by atoms with E-state index in [2.05, 4.69) is 10.1 Å². The molecule has 1 unspecified atom stereocenters. The molecule has 1 aliphatic rings. The summed E-state index contributed by atoms with van der Waals surface area (Å²) in [6, 6.07) is 6.21. The van der Waals surface area contributed by atoms with Crippen LogP contribution in [0.1, 0.15) is 24.8 Å². The molecule has 0 aromatic heterocycles. The van der Waals surface area contributed by atoms with Crippen LogP contribution in [-0.2, 0) is 11.3 Å². The highest BCUT2D eigenvalue weighted by molar-refractivity contribution is 5.78. The van der Waals surface area contributed by atoms with Crippen molar-refractivity contribution in [1.82, 2.24) is 10.2 Å². The van der Waals surface area contributed by atoms with Gasteiger partial charge in [-0.25, -0.2) is 0 Å². The van der Waals surface area contributed by atoms with Gasteiger partial charge in [-0.2, -0.15) is 8.78 Å². The maximum atomic E-state index is 12.1. The van der Waals surface area contributed by atoms with E-state index in [0.29, 0.717) is 6.54 Å². The van der Waals surface area contributed by atoms with Crippen LogP contribution >= 0.6 is 0 Å². The molecule has 1 aromatic carbocycles. The first-order valence-corrected chi connectivity index (χ1v) is 7.74. The van der Waals surface area contributed by atoms with E-state index in [1.807, 2.05) is 4.90 Å². The Bertz CT molecular complexity index is 497. The lowest BCUT2D eigenvalue weighted by atomic mass is 10.0. The van der Waals surface area contributed by atoms with Gasteiger partial charge in [0.15, 0.2) is 0 Å². The number of rotatable bonds is 7. The van der Waals surface area contributed by atoms with Crippen molar-refractivity contribution in [3.63, 3.8) is 0 Å². The third kappa shape index (κ3) is 5.76. The fourth-order valence-electron chi connectivity index (χ4n) is 2.70. The van der Waals surface area contributed by atoms with Gasteiger partial charge < -0.3 is 15.2 Å². The molecule has 1 atom stereocenters. The Morgan fingerprint density at radius 3 is 2.74 bits per heavy atom. The number of alkyl halides is 2. The van der Waals surface area contributed by atoms with Gasteiger partial charge in [-0.15, -0.1) is 0 Å². The normalized spacial score (nSPS) is 18.9.